The molecule has 3 amide bonds. The number of nitrogens with zero attached hydrogens (tertiary/aromatic N) is 2. The highest BCUT2D eigenvalue weighted by molar-refractivity contribution is 6.01. The highest BCUT2D eigenvalue weighted by Gasteiger charge is 2.33. The number of halogens is 1. The third-order valence-corrected chi connectivity index (χ3v) is 2.93. The monoisotopic (exact) mass is 276 g/mol. The number of rotatable bonds is 2. The molecule has 0 spiro atoms. The lowest BCUT2D eigenvalue weighted by atomic mass is 10.1. The summed E-state index contributed by atoms with van der Waals surface area (Å²) in [6.07, 6.45) is 0. The molecule has 1 N–H and O–H groups in total. The van der Waals surface area contributed by atoms with Crippen molar-refractivity contribution in [2.24, 2.45) is 0 Å². The van der Waals surface area contributed by atoms with E-state index in [0.29, 0.717) is 11.1 Å². The van der Waals surface area contributed by atoms with Crippen LogP contribution in [0.1, 0.15) is 11.1 Å². The normalized spacial score (nSPS) is 14.6. The van der Waals surface area contributed by atoms with Gasteiger partial charge in [0.05, 0.1) is 6.54 Å². The van der Waals surface area contributed by atoms with Gasteiger partial charge in [0.25, 0.3) is 5.91 Å². The summed E-state index contributed by atoms with van der Waals surface area (Å²) in [4.78, 5) is 25.9. The van der Waals surface area contributed by atoms with Crippen LogP contribution < -0.4 is 0 Å². The predicted octanol–water partition coefficient (Wildman–Crippen LogP) is 0.563. The van der Waals surface area contributed by atoms with Crippen LogP contribution in [-0.4, -0.2) is 47.0 Å². The van der Waals surface area contributed by atoms with Gasteiger partial charge in [0.2, 0.25) is 0 Å². The van der Waals surface area contributed by atoms with Crippen molar-refractivity contribution < 1.29 is 19.1 Å². The lowest BCUT2D eigenvalue weighted by molar-refractivity contribution is -0.125. The second-order valence-electron chi connectivity index (χ2n) is 4.38. The van der Waals surface area contributed by atoms with Gasteiger partial charge in [-0.15, -0.1) is 0 Å². The molecule has 0 aliphatic carbocycles. The molecule has 20 heavy (non-hydrogen) atoms. The van der Waals surface area contributed by atoms with E-state index in [1.165, 1.54) is 30.1 Å². The van der Waals surface area contributed by atoms with Crippen LogP contribution in [0.4, 0.5) is 9.18 Å². The molecule has 1 aliphatic rings. The zero-order chi connectivity index (χ0) is 14.7. The van der Waals surface area contributed by atoms with Gasteiger partial charge in [-0.05, 0) is 17.7 Å². The average molecular weight is 276 g/mol. The number of carbonyl (C=O) groups excluding carboxylic acids is 2. The van der Waals surface area contributed by atoms with Gasteiger partial charge >= 0.3 is 6.03 Å². The molecule has 0 aromatic heterocycles. The summed E-state index contributed by atoms with van der Waals surface area (Å²) in [5.41, 5.74) is 0.915. The number of imide groups is 1. The molecular weight excluding hydrogens is 263 g/mol. The van der Waals surface area contributed by atoms with Crippen molar-refractivity contribution in [2.75, 3.05) is 20.2 Å². The lowest BCUT2D eigenvalue weighted by Crippen LogP contribution is -2.31. The predicted molar refractivity (Wildman–Crippen MR) is 68.9 cm³/mol. The number of hydrogen-bond acceptors (Lipinski definition) is 3. The molecule has 1 fully saturated rings. The first-order valence-corrected chi connectivity index (χ1v) is 5.96. The molecule has 6 heteroatoms. The molecule has 1 saturated heterocycles. The van der Waals surface area contributed by atoms with Crippen molar-refractivity contribution in [2.45, 2.75) is 6.54 Å². The standard InChI is InChI=1S/C14H13FN2O3/c1-16-9-13(19)17(14(16)20)8-11-4-5-12(15)7-10(11)3-2-6-18/h4-5,7,18H,6,8-9H2,1H3. The molecule has 0 bridgehead atoms. The van der Waals surface area contributed by atoms with Crippen LogP contribution >= 0.6 is 0 Å². The van der Waals surface area contributed by atoms with Crippen molar-refractivity contribution in [3.63, 3.8) is 0 Å². The number of aliphatic hydroxyl groups excluding tert-OH is 1. The molecule has 5 nitrogen and oxygen atoms in total. The molecule has 1 aliphatic heterocycles. The lowest BCUT2D eigenvalue weighted by Gasteiger charge is -2.15. The number of hydrogen-bond donors (Lipinski definition) is 1. The number of carbonyl (C=O) groups is 2. The second-order valence-corrected chi connectivity index (χ2v) is 4.38. The van der Waals surface area contributed by atoms with Crippen molar-refractivity contribution in [1.29, 1.82) is 0 Å². The fourth-order valence-corrected chi connectivity index (χ4v) is 1.93. The summed E-state index contributed by atoms with van der Waals surface area (Å²) in [6, 6.07) is 3.55. The molecule has 0 atom stereocenters. The van der Waals surface area contributed by atoms with Crippen LogP contribution in [0.3, 0.4) is 0 Å². The zero-order valence-electron chi connectivity index (χ0n) is 10.9. The molecule has 2 rings (SSSR count). The molecule has 104 valence electrons. The van der Waals surface area contributed by atoms with Crippen molar-refractivity contribution >= 4 is 11.9 Å². The fraction of sp³-hybridized carbons (Fsp3) is 0.286. The Morgan fingerprint density at radius 1 is 1.40 bits per heavy atom. The summed E-state index contributed by atoms with van der Waals surface area (Å²) < 4.78 is 13.2. The van der Waals surface area contributed by atoms with Crippen LogP contribution in [0.5, 0.6) is 0 Å². The summed E-state index contributed by atoms with van der Waals surface area (Å²) in [6.45, 7) is -0.268. The maximum Gasteiger partial charge on any atom is 0.327 e. The first-order chi connectivity index (χ1) is 9.52. The Morgan fingerprint density at radius 3 is 2.75 bits per heavy atom. The number of urea groups is 1. The smallest absolute Gasteiger partial charge is 0.327 e. The Hall–Kier alpha value is -2.39. The Morgan fingerprint density at radius 2 is 2.15 bits per heavy atom. The Balaban J connectivity index is 2.29. The minimum atomic E-state index is -0.466. The van der Waals surface area contributed by atoms with Gasteiger partial charge in [-0.1, -0.05) is 17.9 Å². The molecule has 1 aromatic carbocycles. The summed E-state index contributed by atoms with van der Waals surface area (Å²) in [7, 11) is 1.54. The second kappa shape index (κ2) is 5.72. The minimum Gasteiger partial charge on any atom is -0.384 e. The van der Waals surface area contributed by atoms with Gasteiger partial charge in [-0.3, -0.25) is 9.69 Å². The molecule has 1 aromatic rings. The van der Waals surface area contributed by atoms with Crippen LogP contribution in [0.15, 0.2) is 18.2 Å². The Labute approximate surface area is 115 Å². The quantitative estimate of drug-likeness (QED) is 0.634. The van der Waals surface area contributed by atoms with E-state index >= 15 is 0 Å². The van der Waals surface area contributed by atoms with E-state index in [2.05, 4.69) is 11.8 Å². The van der Waals surface area contributed by atoms with Crippen LogP contribution in [0, 0.1) is 17.7 Å². The molecule has 1 heterocycles. The van der Waals surface area contributed by atoms with Gasteiger partial charge in [-0.2, -0.15) is 0 Å². The van der Waals surface area contributed by atoms with Gasteiger partial charge in [0.15, 0.2) is 0 Å². The van der Waals surface area contributed by atoms with E-state index in [-0.39, 0.29) is 31.6 Å². The van der Waals surface area contributed by atoms with Crippen LogP contribution in [0.2, 0.25) is 0 Å². The first kappa shape index (κ1) is 14.0. The van der Waals surface area contributed by atoms with Gasteiger partial charge in [-0.25, -0.2) is 9.18 Å². The molecule has 0 radical (unpaired) electrons. The maximum absolute atomic E-state index is 13.2. The molecule has 0 unspecified atom stereocenters. The Bertz CT molecular complexity index is 619. The van der Waals surface area contributed by atoms with E-state index < -0.39 is 5.82 Å². The average Bonchev–Trinajstić information content (AvgIpc) is 2.65. The highest BCUT2D eigenvalue weighted by Crippen LogP contribution is 2.17. The largest absolute Gasteiger partial charge is 0.384 e. The first-order valence-electron chi connectivity index (χ1n) is 5.96. The highest BCUT2D eigenvalue weighted by atomic mass is 19.1. The van der Waals surface area contributed by atoms with E-state index in [0.717, 1.165) is 4.90 Å². The summed E-state index contributed by atoms with van der Waals surface area (Å²) in [5.74, 6) is 4.28. The third-order valence-electron chi connectivity index (χ3n) is 2.93. The topological polar surface area (TPSA) is 60.9 Å². The molecule has 0 saturated carbocycles. The van der Waals surface area contributed by atoms with Crippen molar-refractivity contribution in [1.82, 2.24) is 9.80 Å². The number of likely N-dealkylation sites (N-methyl/N-ethyl adjacent to an activating group) is 1. The van der Waals surface area contributed by atoms with E-state index in [9.17, 15) is 14.0 Å². The Kier molecular flexibility index (Phi) is 4.01. The van der Waals surface area contributed by atoms with Crippen LogP contribution in [0.25, 0.3) is 0 Å². The zero-order valence-corrected chi connectivity index (χ0v) is 10.9. The van der Waals surface area contributed by atoms with Gasteiger partial charge < -0.3 is 10.0 Å². The fourth-order valence-electron chi connectivity index (χ4n) is 1.93. The number of benzene rings is 1. The SMILES string of the molecule is CN1CC(=O)N(Cc2ccc(F)cc2C#CCO)C1=O. The van der Waals surface area contributed by atoms with Gasteiger partial charge in [0.1, 0.15) is 19.0 Å². The maximum atomic E-state index is 13.2. The van der Waals surface area contributed by atoms with Gasteiger partial charge in [0, 0.05) is 12.6 Å². The van der Waals surface area contributed by atoms with E-state index in [4.69, 9.17) is 5.11 Å². The minimum absolute atomic E-state index is 0.0394. The third kappa shape index (κ3) is 2.78. The number of amides is 3. The summed E-state index contributed by atoms with van der Waals surface area (Å²) in [5, 5.41) is 8.70. The summed E-state index contributed by atoms with van der Waals surface area (Å²) >= 11 is 0. The molecular formula is C14H13FN2O3. The van der Waals surface area contributed by atoms with Crippen molar-refractivity contribution in [3.05, 3.63) is 35.1 Å². The van der Waals surface area contributed by atoms with Crippen LogP contribution in [-0.2, 0) is 11.3 Å². The van der Waals surface area contributed by atoms with E-state index in [1.807, 2.05) is 0 Å². The van der Waals surface area contributed by atoms with Crippen molar-refractivity contribution in [3.8, 4) is 11.8 Å². The van der Waals surface area contributed by atoms with E-state index in [1.54, 1.807) is 0 Å². The number of aliphatic hydroxyl groups is 1.